The highest BCUT2D eigenvalue weighted by atomic mass is 35.5. The van der Waals surface area contributed by atoms with Gasteiger partial charge in [-0.25, -0.2) is 4.68 Å². The molecule has 1 aliphatic heterocycles. The normalized spacial score (nSPS) is 17.3. The van der Waals surface area contributed by atoms with Crippen LogP contribution >= 0.6 is 24.2 Å². The number of rotatable bonds is 3. The third-order valence-corrected chi connectivity index (χ3v) is 4.05. The number of carbonyl (C=O) groups is 1. The molecular formula is C12H15ClN6OS. The minimum atomic E-state index is -0.127. The van der Waals surface area contributed by atoms with E-state index >= 15 is 0 Å². The Bertz CT molecular complexity index is 614. The molecule has 1 unspecified atom stereocenters. The molecule has 2 heterocycles. The van der Waals surface area contributed by atoms with Crippen molar-refractivity contribution in [1.29, 1.82) is 0 Å². The SMILES string of the molecule is Cc1ccc(NC(=O)C2CSCN2)cc1-n1cnnn1.Cl. The number of carbonyl (C=O) groups excluding carboxylic acids is 1. The van der Waals surface area contributed by atoms with E-state index in [0.717, 1.165) is 28.6 Å². The Hall–Kier alpha value is -1.64. The fourth-order valence-electron chi connectivity index (χ4n) is 2.00. The van der Waals surface area contributed by atoms with Crippen LogP contribution in [0.3, 0.4) is 0 Å². The maximum absolute atomic E-state index is 12.1. The Morgan fingerprint density at radius 2 is 2.38 bits per heavy atom. The summed E-state index contributed by atoms with van der Waals surface area (Å²) in [7, 11) is 0. The number of aryl methyl sites for hydroxylation is 1. The van der Waals surface area contributed by atoms with Crippen LogP contribution in [-0.4, -0.2) is 43.8 Å². The van der Waals surface area contributed by atoms with Gasteiger partial charge in [0.15, 0.2) is 0 Å². The average Bonchev–Trinajstić information content (AvgIpc) is 3.14. The molecule has 1 fully saturated rings. The Balaban J connectivity index is 0.00000161. The van der Waals surface area contributed by atoms with Crippen LogP contribution in [0.15, 0.2) is 24.5 Å². The maximum atomic E-state index is 12.1. The van der Waals surface area contributed by atoms with E-state index in [1.54, 1.807) is 16.4 Å². The number of anilines is 1. The molecule has 1 amide bonds. The molecule has 3 rings (SSSR count). The molecule has 0 radical (unpaired) electrons. The van der Waals surface area contributed by atoms with Crippen molar-refractivity contribution in [2.75, 3.05) is 16.9 Å². The lowest BCUT2D eigenvalue weighted by molar-refractivity contribution is -0.117. The zero-order chi connectivity index (χ0) is 13.9. The number of nitrogens with zero attached hydrogens (tertiary/aromatic N) is 4. The molecule has 7 nitrogen and oxygen atoms in total. The molecule has 1 aromatic carbocycles. The number of thioether (sulfide) groups is 1. The quantitative estimate of drug-likeness (QED) is 0.875. The predicted octanol–water partition coefficient (Wildman–Crippen LogP) is 0.994. The van der Waals surface area contributed by atoms with Crippen LogP contribution in [-0.2, 0) is 4.79 Å². The lowest BCUT2D eigenvalue weighted by Crippen LogP contribution is -2.37. The molecule has 0 bridgehead atoms. The molecule has 1 atom stereocenters. The second-order valence-electron chi connectivity index (χ2n) is 4.52. The number of benzene rings is 1. The summed E-state index contributed by atoms with van der Waals surface area (Å²) < 4.78 is 1.58. The van der Waals surface area contributed by atoms with Crippen molar-refractivity contribution in [1.82, 2.24) is 25.5 Å². The van der Waals surface area contributed by atoms with E-state index in [-0.39, 0.29) is 24.4 Å². The van der Waals surface area contributed by atoms with Crippen LogP contribution in [0.1, 0.15) is 5.56 Å². The minimum Gasteiger partial charge on any atom is -0.325 e. The second-order valence-corrected chi connectivity index (χ2v) is 5.55. The Morgan fingerprint density at radius 3 is 3.05 bits per heavy atom. The van der Waals surface area contributed by atoms with E-state index < -0.39 is 0 Å². The minimum absolute atomic E-state index is 0. The van der Waals surface area contributed by atoms with Gasteiger partial charge in [-0.3, -0.25) is 10.1 Å². The predicted molar refractivity (Wildman–Crippen MR) is 84.0 cm³/mol. The van der Waals surface area contributed by atoms with Gasteiger partial charge in [0.05, 0.1) is 11.7 Å². The number of amides is 1. The van der Waals surface area contributed by atoms with Crippen molar-refractivity contribution >= 4 is 35.8 Å². The van der Waals surface area contributed by atoms with Crippen LogP contribution in [0.2, 0.25) is 0 Å². The summed E-state index contributed by atoms with van der Waals surface area (Å²) in [6.45, 7) is 1.97. The number of nitrogens with one attached hydrogen (secondary N) is 2. The van der Waals surface area contributed by atoms with Gasteiger partial charge in [-0.05, 0) is 35.0 Å². The molecule has 2 N–H and O–H groups in total. The fourth-order valence-corrected chi connectivity index (χ4v) is 2.94. The van der Waals surface area contributed by atoms with Gasteiger partial charge in [-0.1, -0.05) is 6.07 Å². The number of hydrogen-bond acceptors (Lipinski definition) is 6. The van der Waals surface area contributed by atoms with Gasteiger partial charge in [0, 0.05) is 17.3 Å². The fraction of sp³-hybridized carbons (Fsp3) is 0.333. The topological polar surface area (TPSA) is 84.7 Å². The summed E-state index contributed by atoms with van der Waals surface area (Å²) in [5.41, 5.74) is 2.62. The number of tetrazole rings is 1. The van der Waals surface area contributed by atoms with Crippen LogP contribution in [0.5, 0.6) is 0 Å². The first-order chi connectivity index (χ1) is 9.74. The van der Waals surface area contributed by atoms with Gasteiger partial charge in [0.2, 0.25) is 5.91 Å². The van der Waals surface area contributed by atoms with Crippen LogP contribution in [0, 0.1) is 6.92 Å². The first-order valence-corrected chi connectivity index (χ1v) is 7.35. The van der Waals surface area contributed by atoms with Gasteiger partial charge < -0.3 is 5.32 Å². The maximum Gasteiger partial charge on any atom is 0.242 e. The molecule has 112 valence electrons. The van der Waals surface area contributed by atoms with E-state index in [1.165, 1.54) is 6.33 Å². The van der Waals surface area contributed by atoms with Gasteiger partial charge in [0.1, 0.15) is 6.33 Å². The van der Waals surface area contributed by atoms with E-state index in [4.69, 9.17) is 0 Å². The number of halogens is 1. The van der Waals surface area contributed by atoms with Crippen LogP contribution in [0.4, 0.5) is 5.69 Å². The highest BCUT2D eigenvalue weighted by Gasteiger charge is 2.22. The summed E-state index contributed by atoms with van der Waals surface area (Å²) in [5, 5.41) is 17.2. The van der Waals surface area contributed by atoms with Gasteiger partial charge >= 0.3 is 0 Å². The highest BCUT2D eigenvalue weighted by Crippen LogP contribution is 2.19. The van der Waals surface area contributed by atoms with Crippen molar-refractivity contribution < 1.29 is 4.79 Å². The first-order valence-electron chi connectivity index (χ1n) is 6.20. The van der Waals surface area contributed by atoms with Crippen molar-refractivity contribution in [3.63, 3.8) is 0 Å². The van der Waals surface area contributed by atoms with E-state index in [9.17, 15) is 4.79 Å². The summed E-state index contributed by atoms with van der Waals surface area (Å²) in [6.07, 6.45) is 1.53. The number of aromatic nitrogens is 4. The molecule has 0 saturated carbocycles. The van der Waals surface area contributed by atoms with Gasteiger partial charge in [-0.15, -0.1) is 29.3 Å². The summed E-state index contributed by atoms with van der Waals surface area (Å²) in [5.74, 6) is 1.61. The summed E-state index contributed by atoms with van der Waals surface area (Å²) in [4.78, 5) is 12.1. The molecule has 9 heteroatoms. The molecule has 1 aliphatic rings. The standard InChI is InChI=1S/C12H14N6OS.ClH/c1-8-2-3-9(4-11(8)18-6-14-16-17-18)15-12(19)10-5-20-7-13-10;/h2-4,6,10,13H,5,7H2,1H3,(H,15,19);1H. The van der Waals surface area contributed by atoms with E-state index in [1.807, 2.05) is 25.1 Å². The van der Waals surface area contributed by atoms with Gasteiger partial charge in [0.25, 0.3) is 0 Å². The summed E-state index contributed by atoms with van der Waals surface area (Å²) >= 11 is 1.72. The Morgan fingerprint density at radius 1 is 1.52 bits per heavy atom. The zero-order valence-electron chi connectivity index (χ0n) is 11.3. The highest BCUT2D eigenvalue weighted by molar-refractivity contribution is 7.99. The van der Waals surface area contributed by atoms with Crippen LogP contribution in [0.25, 0.3) is 5.69 Å². The second kappa shape index (κ2) is 6.88. The van der Waals surface area contributed by atoms with E-state index in [2.05, 4.69) is 26.2 Å². The Labute approximate surface area is 132 Å². The Kier molecular flexibility index (Phi) is 5.16. The first kappa shape index (κ1) is 15.7. The van der Waals surface area contributed by atoms with Crippen molar-refractivity contribution in [2.45, 2.75) is 13.0 Å². The lowest BCUT2D eigenvalue weighted by Gasteiger charge is -2.12. The average molecular weight is 327 g/mol. The molecule has 2 aromatic rings. The molecular weight excluding hydrogens is 312 g/mol. The van der Waals surface area contributed by atoms with Crippen molar-refractivity contribution in [3.05, 3.63) is 30.1 Å². The van der Waals surface area contributed by atoms with Crippen molar-refractivity contribution in [2.24, 2.45) is 0 Å². The third kappa shape index (κ3) is 3.52. The van der Waals surface area contributed by atoms with Crippen molar-refractivity contribution in [3.8, 4) is 5.69 Å². The smallest absolute Gasteiger partial charge is 0.242 e. The molecule has 0 aliphatic carbocycles. The van der Waals surface area contributed by atoms with Gasteiger partial charge in [-0.2, -0.15) is 0 Å². The monoisotopic (exact) mass is 326 g/mol. The molecule has 1 aromatic heterocycles. The molecule has 0 spiro atoms. The zero-order valence-corrected chi connectivity index (χ0v) is 12.9. The molecule has 1 saturated heterocycles. The lowest BCUT2D eigenvalue weighted by atomic mass is 10.1. The largest absolute Gasteiger partial charge is 0.325 e. The van der Waals surface area contributed by atoms with E-state index in [0.29, 0.717) is 0 Å². The summed E-state index contributed by atoms with van der Waals surface area (Å²) in [6, 6.07) is 5.55. The van der Waals surface area contributed by atoms with Crippen LogP contribution < -0.4 is 10.6 Å². The third-order valence-electron chi connectivity index (χ3n) is 3.11. The molecule has 21 heavy (non-hydrogen) atoms. The number of hydrogen-bond donors (Lipinski definition) is 2.